The zero-order valence-electron chi connectivity index (χ0n) is 17.8. The summed E-state index contributed by atoms with van der Waals surface area (Å²) in [6.07, 6.45) is 3.52. The second kappa shape index (κ2) is 8.40. The molecular weight excluding hydrogens is 376 g/mol. The third kappa shape index (κ3) is 4.00. The number of carbonyl (C=O) groups is 1. The van der Waals surface area contributed by atoms with E-state index in [0.717, 1.165) is 42.4 Å². The Labute approximate surface area is 176 Å². The second-order valence-corrected chi connectivity index (χ2v) is 8.30. The largest absolute Gasteiger partial charge is 0.338 e. The summed E-state index contributed by atoms with van der Waals surface area (Å²) in [4.78, 5) is 35.2. The number of piperidine rings is 1. The molecule has 3 heterocycles. The molecule has 0 bridgehead atoms. The Hall–Kier alpha value is -2.99. The molecule has 0 atom stereocenters. The second-order valence-electron chi connectivity index (χ2n) is 8.30. The molecule has 0 unspecified atom stereocenters. The van der Waals surface area contributed by atoms with Crippen LogP contribution in [0.15, 0.2) is 53.5 Å². The fourth-order valence-corrected chi connectivity index (χ4v) is 4.12. The molecule has 0 spiro atoms. The van der Waals surface area contributed by atoms with Gasteiger partial charge < -0.3 is 9.80 Å². The highest BCUT2D eigenvalue weighted by atomic mass is 16.2. The molecule has 30 heavy (non-hydrogen) atoms. The molecule has 1 fully saturated rings. The summed E-state index contributed by atoms with van der Waals surface area (Å²) < 4.78 is 1.62. The van der Waals surface area contributed by atoms with Gasteiger partial charge in [0.25, 0.3) is 11.5 Å². The van der Waals surface area contributed by atoms with E-state index in [-0.39, 0.29) is 23.1 Å². The van der Waals surface area contributed by atoms with Crippen molar-refractivity contribution in [1.82, 2.24) is 19.4 Å². The lowest BCUT2D eigenvalue weighted by Gasteiger charge is -2.35. The minimum Gasteiger partial charge on any atom is -0.338 e. The molecule has 1 aliphatic rings. The van der Waals surface area contributed by atoms with Gasteiger partial charge in [-0.05, 0) is 63.7 Å². The third-order valence-corrected chi connectivity index (χ3v) is 6.10. The van der Waals surface area contributed by atoms with Crippen molar-refractivity contribution in [3.63, 3.8) is 0 Å². The van der Waals surface area contributed by atoms with Crippen molar-refractivity contribution in [1.29, 1.82) is 0 Å². The summed E-state index contributed by atoms with van der Waals surface area (Å²) in [6, 6.07) is 13.7. The van der Waals surface area contributed by atoms with Crippen LogP contribution in [0.25, 0.3) is 11.0 Å². The lowest BCUT2D eigenvalue weighted by atomic mass is 10.0. The SMILES string of the molecule is Cc1ccc(Cn2c(=O)c(C(=O)N(C)C3CCN(C)CC3)cc3cccnc32)cc1. The van der Waals surface area contributed by atoms with Crippen LogP contribution in [0.3, 0.4) is 0 Å². The zero-order valence-corrected chi connectivity index (χ0v) is 17.8. The van der Waals surface area contributed by atoms with Gasteiger partial charge in [0, 0.05) is 24.7 Å². The predicted molar refractivity (Wildman–Crippen MR) is 119 cm³/mol. The molecule has 0 N–H and O–H groups in total. The van der Waals surface area contributed by atoms with Gasteiger partial charge in [-0.2, -0.15) is 0 Å². The molecule has 6 nitrogen and oxygen atoms in total. The molecule has 156 valence electrons. The maximum Gasteiger partial charge on any atom is 0.265 e. The molecule has 3 aromatic rings. The molecule has 0 radical (unpaired) electrons. The number of aryl methyl sites for hydroxylation is 1. The summed E-state index contributed by atoms with van der Waals surface area (Å²) in [5.41, 5.74) is 2.69. The van der Waals surface area contributed by atoms with Gasteiger partial charge in [0.15, 0.2) is 0 Å². The molecule has 0 saturated carbocycles. The fraction of sp³-hybridized carbons (Fsp3) is 0.375. The summed E-state index contributed by atoms with van der Waals surface area (Å²) in [5, 5.41) is 0.796. The molecular formula is C24H28N4O2. The standard InChI is InChI=1S/C24H28N4O2/c1-17-6-8-18(9-7-17)16-28-22-19(5-4-12-25-22)15-21(24(28)30)23(29)27(3)20-10-13-26(2)14-11-20/h4-9,12,15,20H,10-11,13-14,16H2,1-3H3. The summed E-state index contributed by atoms with van der Waals surface area (Å²) >= 11 is 0. The van der Waals surface area contributed by atoms with E-state index in [0.29, 0.717) is 12.2 Å². The molecule has 0 aliphatic carbocycles. The zero-order chi connectivity index (χ0) is 21.3. The molecule has 1 amide bonds. The Morgan fingerprint density at radius 3 is 2.57 bits per heavy atom. The highest BCUT2D eigenvalue weighted by molar-refractivity contribution is 5.97. The minimum atomic E-state index is -0.286. The van der Waals surface area contributed by atoms with E-state index in [9.17, 15) is 9.59 Å². The number of pyridine rings is 2. The first kappa shape index (κ1) is 20.3. The third-order valence-electron chi connectivity index (χ3n) is 6.10. The number of aromatic nitrogens is 2. The van der Waals surface area contributed by atoms with Crippen molar-refractivity contribution in [2.24, 2.45) is 0 Å². The Balaban J connectivity index is 1.73. The van der Waals surface area contributed by atoms with E-state index in [1.165, 1.54) is 0 Å². The number of likely N-dealkylation sites (tertiary alicyclic amines) is 1. The van der Waals surface area contributed by atoms with Gasteiger partial charge in [0.1, 0.15) is 11.2 Å². The fourth-order valence-electron chi connectivity index (χ4n) is 4.12. The first-order valence-electron chi connectivity index (χ1n) is 10.4. The van der Waals surface area contributed by atoms with E-state index >= 15 is 0 Å². The highest BCUT2D eigenvalue weighted by Gasteiger charge is 2.27. The van der Waals surface area contributed by atoms with Crippen molar-refractivity contribution in [2.45, 2.75) is 32.4 Å². The number of fused-ring (bicyclic) bond motifs is 1. The topological polar surface area (TPSA) is 58.4 Å². The first-order chi connectivity index (χ1) is 14.4. The number of carbonyl (C=O) groups excluding carboxylic acids is 1. The number of rotatable bonds is 4. The Bertz CT molecular complexity index is 1110. The highest BCUT2D eigenvalue weighted by Crippen LogP contribution is 2.18. The van der Waals surface area contributed by atoms with E-state index in [1.807, 2.05) is 50.4 Å². The van der Waals surface area contributed by atoms with Crippen molar-refractivity contribution < 1.29 is 4.79 Å². The van der Waals surface area contributed by atoms with Crippen molar-refractivity contribution in [3.8, 4) is 0 Å². The van der Waals surface area contributed by atoms with Crippen molar-refractivity contribution >= 4 is 16.9 Å². The molecule has 4 rings (SSSR count). The maximum atomic E-state index is 13.4. The van der Waals surface area contributed by atoms with Crippen LogP contribution in [0.4, 0.5) is 0 Å². The maximum absolute atomic E-state index is 13.4. The van der Waals surface area contributed by atoms with Crippen LogP contribution < -0.4 is 5.56 Å². The quantitative estimate of drug-likeness (QED) is 0.671. The minimum absolute atomic E-state index is 0.156. The van der Waals surface area contributed by atoms with Gasteiger partial charge in [-0.15, -0.1) is 0 Å². The molecule has 6 heteroatoms. The van der Waals surface area contributed by atoms with Gasteiger partial charge in [-0.1, -0.05) is 29.8 Å². The van der Waals surface area contributed by atoms with Gasteiger partial charge in [-0.25, -0.2) is 4.98 Å². The molecule has 1 aliphatic heterocycles. The van der Waals surface area contributed by atoms with Gasteiger partial charge >= 0.3 is 0 Å². The van der Waals surface area contributed by atoms with Crippen LogP contribution in [0, 0.1) is 6.92 Å². The summed E-state index contributed by atoms with van der Waals surface area (Å²) in [6.45, 7) is 4.33. The number of hydrogen-bond acceptors (Lipinski definition) is 4. The van der Waals surface area contributed by atoms with Crippen LogP contribution in [-0.4, -0.2) is 58.5 Å². The molecule has 1 saturated heterocycles. The number of hydrogen-bond donors (Lipinski definition) is 0. The van der Waals surface area contributed by atoms with E-state index < -0.39 is 0 Å². The summed E-state index contributed by atoms with van der Waals surface area (Å²) in [5.74, 6) is -0.210. The Morgan fingerprint density at radius 2 is 1.87 bits per heavy atom. The smallest absolute Gasteiger partial charge is 0.265 e. The van der Waals surface area contributed by atoms with Gasteiger partial charge in [-0.3, -0.25) is 14.2 Å². The molecule has 1 aromatic carbocycles. The predicted octanol–water partition coefficient (Wildman–Crippen LogP) is 2.92. The van der Waals surface area contributed by atoms with Gasteiger partial charge in [0.2, 0.25) is 0 Å². The normalized spacial score (nSPS) is 15.4. The number of benzene rings is 1. The van der Waals surface area contributed by atoms with Crippen LogP contribution in [-0.2, 0) is 6.54 Å². The summed E-state index contributed by atoms with van der Waals surface area (Å²) in [7, 11) is 3.91. The van der Waals surface area contributed by atoms with E-state index in [2.05, 4.69) is 16.9 Å². The molecule has 2 aromatic heterocycles. The Kier molecular flexibility index (Phi) is 5.68. The Morgan fingerprint density at radius 1 is 1.17 bits per heavy atom. The average molecular weight is 405 g/mol. The van der Waals surface area contributed by atoms with Crippen LogP contribution in [0.5, 0.6) is 0 Å². The van der Waals surface area contributed by atoms with Crippen molar-refractivity contribution in [3.05, 3.63) is 75.7 Å². The van der Waals surface area contributed by atoms with Crippen molar-refractivity contribution in [2.75, 3.05) is 27.2 Å². The van der Waals surface area contributed by atoms with E-state index in [1.54, 1.807) is 21.7 Å². The van der Waals surface area contributed by atoms with Crippen LogP contribution in [0.1, 0.15) is 34.3 Å². The van der Waals surface area contributed by atoms with Crippen LogP contribution >= 0.6 is 0 Å². The number of amides is 1. The lowest BCUT2D eigenvalue weighted by Crippen LogP contribution is -2.46. The lowest BCUT2D eigenvalue weighted by molar-refractivity contribution is 0.0657. The van der Waals surface area contributed by atoms with Crippen LogP contribution in [0.2, 0.25) is 0 Å². The van der Waals surface area contributed by atoms with Gasteiger partial charge in [0.05, 0.1) is 6.54 Å². The first-order valence-corrected chi connectivity index (χ1v) is 10.4. The average Bonchev–Trinajstić information content (AvgIpc) is 2.76. The monoisotopic (exact) mass is 404 g/mol. The van der Waals surface area contributed by atoms with E-state index in [4.69, 9.17) is 0 Å². The number of nitrogens with zero attached hydrogens (tertiary/aromatic N) is 4.